The fraction of sp³-hybridized carbons (Fsp3) is 1.00. The Bertz CT molecular complexity index is 313. The molecule has 3 fully saturated rings. The van der Waals surface area contributed by atoms with Crippen molar-refractivity contribution < 1.29 is 9.47 Å². The summed E-state index contributed by atoms with van der Waals surface area (Å²) in [7, 11) is 2.17. The zero-order valence-electron chi connectivity index (χ0n) is 13.2. The molecule has 0 aromatic carbocycles. The van der Waals surface area contributed by atoms with Gasteiger partial charge in [0.25, 0.3) is 0 Å². The summed E-state index contributed by atoms with van der Waals surface area (Å²) in [5, 5.41) is 3.69. The van der Waals surface area contributed by atoms with E-state index in [0.717, 1.165) is 38.6 Å². The summed E-state index contributed by atoms with van der Waals surface area (Å²) in [5.41, 5.74) is 0.633. The van der Waals surface area contributed by atoms with Crippen molar-refractivity contribution in [3.05, 3.63) is 0 Å². The van der Waals surface area contributed by atoms with Gasteiger partial charge in [0.1, 0.15) is 0 Å². The molecular weight excluding hydrogens is 250 g/mol. The Morgan fingerprint density at radius 1 is 1.05 bits per heavy atom. The van der Waals surface area contributed by atoms with Gasteiger partial charge in [-0.25, -0.2) is 0 Å². The third-order valence-corrected chi connectivity index (χ3v) is 6.21. The minimum atomic E-state index is 0.130. The van der Waals surface area contributed by atoms with Gasteiger partial charge < -0.3 is 14.8 Å². The normalized spacial score (nSPS) is 34.2. The highest BCUT2D eigenvalue weighted by Crippen LogP contribution is 2.47. The summed E-state index contributed by atoms with van der Waals surface area (Å²) in [4.78, 5) is 0. The first kappa shape index (κ1) is 14.8. The van der Waals surface area contributed by atoms with Gasteiger partial charge in [0.05, 0.1) is 5.60 Å². The third-order valence-electron chi connectivity index (χ3n) is 6.21. The fourth-order valence-electron chi connectivity index (χ4n) is 5.09. The molecule has 2 atom stereocenters. The van der Waals surface area contributed by atoms with Crippen LogP contribution in [0.3, 0.4) is 0 Å². The average Bonchev–Trinajstić information content (AvgIpc) is 2.88. The van der Waals surface area contributed by atoms with Gasteiger partial charge in [-0.2, -0.15) is 0 Å². The molecule has 20 heavy (non-hydrogen) atoms. The molecule has 0 bridgehead atoms. The Labute approximate surface area is 123 Å². The molecule has 1 saturated carbocycles. The van der Waals surface area contributed by atoms with Crippen LogP contribution >= 0.6 is 0 Å². The Morgan fingerprint density at radius 2 is 1.75 bits per heavy atom. The Morgan fingerprint density at radius 3 is 2.40 bits per heavy atom. The van der Waals surface area contributed by atoms with Crippen molar-refractivity contribution in [2.45, 2.75) is 69.9 Å². The van der Waals surface area contributed by atoms with Crippen LogP contribution in [-0.4, -0.2) is 38.5 Å². The van der Waals surface area contributed by atoms with Gasteiger partial charge in [0.2, 0.25) is 0 Å². The van der Waals surface area contributed by atoms with E-state index in [0.29, 0.717) is 11.5 Å². The molecule has 0 amide bonds. The van der Waals surface area contributed by atoms with Crippen molar-refractivity contribution in [2.75, 3.05) is 26.9 Å². The van der Waals surface area contributed by atoms with Crippen molar-refractivity contribution in [3.8, 4) is 0 Å². The molecule has 3 nitrogen and oxygen atoms in total. The summed E-state index contributed by atoms with van der Waals surface area (Å²) >= 11 is 0. The Balaban J connectivity index is 1.71. The van der Waals surface area contributed by atoms with Gasteiger partial charge in [-0.05, 0) is 56.9 Å². The highest BCUT2D eigenvalue weighted by Gasteiger charge is 2.46. The van der Waals surface area contributed by atoms with Gasteiger partial charge in [-0.15, -0.1) is 0 Å². The van der Waals surface area contributed by atoms with E-state index in [9.17, 15) is 0 Å². The topological polar surface area (TPSA) is 30.5 Å². The lowest BCUT2D eigenvalue weighted by Crippen LogP contribution is -2.53. The number of hydrogen-bond acceptors (Lipinski definition) is 3. The van der Waals surface area contributed by atoms with Crippen LogP contribution in [0.5, 0.6) is 0 Å². The van der Waals surface area contributed by atoms with Crippen LogP contribution in [0.15, 0.2) is 0 Å². The quantitative estimate of drug-likeness (QED) is 0.862. The second-order valence-corrected chi connectivity index (χ2v) is 7.52. The maximum absolute atomic E-state index is 6.22. The summed E-state index contributed by atoms with van der Waals surface area (Å²) in [6.07, 6.45) is 10.3. The lowest BCUT2D eigenvalue weighted by atomic mass is 9.68. The van der Waals surface area contributed by atoms with E-state index in [-0.39, 0.29) is 5.60 Å². The first-order chi connectivity index (χ1) is 9.68. The van der Waals surface area contributed by atoms with E-state index < -0.39 is 0 Å². The standard InChI is InChI=1S/C17H31NO2/c1-16(6-3-4-7-16)15(18-2)14-5-10-20-17(13-14)8-11-19-12-9-17/h14-15,18H,3-13H2,1-2H3. The summed E-state index contributed by atoms with van der Waals surface area (Å²) in [6, 6.07) is 0.661. The molecular formula is C17H31NO2. The highest BCUT2D eigenvalue weighted by atomic mass is 16.5. The van der Waals surface area contributed by atoms with Crippen molar-refractivity contribution >= 4 is 0 Å². The van der Waals surface area contributed by atoms with Crippen LogP contribution in [0.1, 0.15) is 58.3 Å². The van der Waals surface area contributed by atoms with Crippen molar-refractivity contribution in [3.63, 3.8) is 0 Å². The predicted octanol–water partition coefficient (Wildman–Crippen LogP) is 3.13. The van der Waals surface area contributed by atoms with Gasteiger partial charge in [-0.3, -0.25) is 0 Å². The van der Waals surface area contributed by atoms with E-state index in [1.807, 2.05) is 0 Å². The predicted molar refractivity (Wildman–Crippen MR) is 80.9 cm³/mol. The molecule has 3 rings (SSSR count). The number of hydrogen-bond donors (Lipinski definition) is 1. The lowest BCUT2D eigenvalue weighted by Gasteiger charge is -2.48. The molecule has 1 spiro atoms. The van der Waals surface area contributed by atoms with Gasteiger partial charge in [-0.1, -0.05) is 19.8 Å². The molecule has 3 heteroatoms. The van der Waals surface area contributed by atoms with E-state index in [1.54, 1.807) is 0 Å². The molecule has 3 aliphatic rings. The number of rotatable bonds is 3. The maximum Gasteiger partial charge on any atom is 0.0729 e. The van der Waals surface area contributed by atoms with Crippen LogP contribution in [-0.2, 0) is 9.47 Å². The second kappa shape index (κ2) is 5.94. The lowest BCUT2D eigenvalue weighted by molar-refractivity contribution is -0.153. The molecule has 2 unspecified atom stereocenters. The zero-order chi connectivity index (χ0) is 14.1. The van der Waals surface area contributed by atoms with Crippen LogP contribution in [0.2, 0.25) is 0 Å². The monoisotopic (exact) mass is 281 g/mol. The maximum atomic E-state index is 6.22. The van der Waals surface area contributed by atoms with Crippen LogP contribution in [0.25, 0.3) is 0 Å². The SMILES string of the molecule is CNC(C1CCOC2(CCOCC2)C1)C1(C)CCCC1. The third kappa shape index (κ3) is 2.77. The van der Waals surface area contributed by atoms with Gasteiger partial charge >= 0.3 is 0 Å². The van der Waals surface area contributed by atoms with Crippen molar-refractivity contribution in [1.82, 2.24) is 5.32 Å². The van der Waals surface area contributed by atoms with Crippen LogP contribution in [0.4, 0.5) is 0 Å². The molecule has 2 heterocycles. The second-order valence-electron chi connectivity index (χ2n) is 7.52. The summed E-state index contributed by atoms with van der Waals surface area (Å²) < 4.78 is 11.8. The Kier molecular flexibility index (Phi) is 4.40. The van der Waals surface area contributed by atoms with E-state index in [2.05, 4.69) is 19.3 Å². The fourth-order valence-corrected chi connectivity index (χ4v) is 5.09. The minimum Gasteiger partial charge on any atom is -0.381 e. The van der Waals surface area contributed by atoms with Crippen molar-refractivity contribution in [2.24, 2.45) is 11.3 Å². The Hall–Kier alpha value is -0.120. The number of ether oxygens (including phenoxy) is 2. The highest BCUT2D eigenvalue weighted by molar-refractivity contribution is 4.99. The average molecular weight is 281 g/mol. The molecule has 0 aromatic heterocycles. The summed E-state index contributed by atoms with van der Waals surface area (Å²) in [6.45, 7) is 5.22. The molecule has 2 aliphatic heterocycles. The van der Waals surface area contributed by atoms with E-state index in [4.69, 9.17) is 9.47 Å². The first-order valence-corrected chi connectivity index (χ1v) is 8.57. The molecule has 1 N–H and O–H groups in total. The van der Waals surface area contributed by atoms with Crippen molar-refractivity contribution in [1.29, 1.82) is 0 Å². The number of nitrogens with one attached hydrogen (secondary N) is 1. The molecule has 0 radical (unpaired) electrons. The molecule has 0 aromatic rings. The van der Waals surface area contributed by atoms with E-state index in [1.165, 1.54) is 38.5 Å². The van der Waals surface area contributed by atoms with Gasteiger partial charge in [0.15, 0.2) is 0 Å². The van der Waals surface area contributed by atoms with Gasteiger partial charge in [0, 0.05) is 25.9 Å². The summed E-state index contributed by atoms with van der Waals surface area (Å²) in [5.74, 6) is 0.773. The largest absolute Gasteiger partial charge is 0.381 e. The van der Waals surface area contributed by atoms with Crippen LogP contribution in [0, 0.1) is 11.3 Å². The van der Waals surface area contributed by atoms with E-state index >= 15 is 0 Å². The molecule has 116 valence electrons. The zero-order valence-corrected chi connectivity index (χ0v) is 13.2. The van der Waals surface area contributed by atoms with Crippen LogP contribution < -0.4 is 5.32 Å². The smallest absolute Gasteiger partial charge is 0.0729 e. The molecule has 2 saturated heterocycles. The first-order valence-electron chi connectivity index (χ1n) is 8.57. The minimum absolute atomic E-state index is 0.130. The molecule has 1 aliphatic carbocycles.